The Kier molecular flexibility index (Phi) is 7.97. The highest BCUT2D eigenvalue weighted by Crippen LogP contribution is 2.65. The maximum atomic E-state index is 13.2. The van der Waals surface area contributed by atoms with Gasteiger partial charge in [-0.05, 0) is 17.7 Å². The van der Waals surface area contributed by atoms with Crippen LogP contribution in [0.25, 0.3) is 0 Å². The summed E-state index contributed by atoms with van der Waals surface area (Å²) in [5, 5.41) is -2.44. The summed E-state index contributed by atoms with van der Waals surface area (Å²) in [6.45, 7) is 0. The van der Waals surface area contributed by atoms with Crippen molar-refractivity contribution in [3.05, 3.63) is 40.7 Å². The third-order valence-corrected chi connectivity index (χ3v) is 6.55. The van der Waals surface area contributed by atoms with Crippen LogP contribution in [0.5, 0.6) is 5.75 Å². The first-order chi connectivity index (χ1) is 15.7. The van der Waals surface area contributed by atoms with Crippen molar-refractivity contribution < 1.29 is 58.6 Å². The first kappa shape index (κ1) is 28.9. The summed E-state index contributed by atoms with van der Waals surface area (Å²) in [6.07, 6.45) is -20.4. The number of hydrogen-bond donors (Lipinski definition) is 3. The molecular weight excluding hydrogens is 548 g/mol. The lowest BCUT2D eigenvalue weighted by Crippen LogP contribution is -2.37. The quantitative estimate of drug-likeness (QED) is 0.211. The van der Waals surface area contributed by atoms with E-state index in [9.17, 15) is 53.9 Å². The van der Waals surface area contributed by atoms with Crippen LogP contribution in [0.3, 0.4) is 0 Å². The summed E-state index contributed by atoms with van der Waals surface area (Å²) in [5.74, 6) is -1.08. The van der Waals surface area contributed by atoms with Gasteiger partial charge in [-0.25, -0.2) is 9.97 Å². The van der Waals surface area contributed by atoms with Crippen LogP contribution in [0.4, 0.5) is 51.1 Å². The molecule has 0 aliphatic carbocycles. The standard InChI is InChI=1S/C17H14ClF9N3O4P/c1-34-11-4-8(14(35(31,32)33,6-15(19,20)21)7-16(22,23)24)2-3-10(11)29-13-28-5-9(12(18)30-13)17(25,26)27/h2-5H,6-7H2,1H3,(H,28,29,30)(H2,31,32,33). The summed E-state index contributed by atoms with van der Waals surface area (Å²) in [6, 6.07) is 1.90. The van der Waals surface area contributed by atoms with Gasteiger partial charge in [0.25, 0.3) is 0 Å². The van der Waals surface area contributed by atoms with Crippen LogP contribution in [0.2, 0.25) is 5.15 Å². The molecule has 0 radical (unpaired) electrons. The molecule has 0 fully saturated rings. The molecule has 18 heteroatoms. The Morgan fingerprint density at radius 1 is 1.03 bits per heavy atom. The molecule has 0 atom stereocenters. The van der Waals surface area contributed by atoms with E-state index in [1.807, 2.05) is 0 Å². The number of hydrogen-bond acceptors (Lipinski definition) is 5. The van der Waals surface area contributed by atoms with E-state index in [4.69, 9.17) is 16.3 Å². The average Bonchev–Trinajstić information content (AvgIpc) is 2.63. The van der Waals surface area contributed by atoms with Gasteiger partial charge in [-0.1, -0.05) is 17.7 Å². The summed E-state index contributed by atoms with van der Waals surface area (Å²) >= 11 is 5.47. The number of nitrogens with one attached hydrogen (secondary N) is 1. The molecule has 35 heavy (non-hydrogen) atoms. The molecule has 0 amide bonds. The van der Waals surface area contributed by atoms with Gasteiger partial charge in [0.15, 0.2) is 0 Å². The van der Waals surface area contributed by atoms with Gasteiger partial charge in [0, 0.05) is 6.20 Å². The van der Waals surface area contributed by atoms with Crippen molar-refractivity contribution in [2.24, 2.45) is 0 Å². The Bertz CT molecular complexity index is 1100. The average molecular weight is 562 g/mol. The molecule has 1 aromatic carbocycles. The molecule has 0 spiro atoms. The third kappa shape index (κ3) is 7.12. The van der Waals surface area contributed by atoms with Crippen molar-refractivity contribution in [3.63, 3.8) is 0 Å². The van der Waals surface area contributed by atoms with Gasteiger partial charge in [0.05, 0.1) is 25.6 Å². The van der Waals surface area contributed by atoms with Crippen molar-refractivity contribution in [1.29, 1.82) is 0 Å². The lowest BCUT2D eigenvalue weighted by atomic mass is 9.90. The second kappa shape index (κ2) is 9.64. The van der Waals surface area contributed by atoms with Crippen LogP contribution in [0.1, 0.15) is 24.0 Å². The van der Waals surface area contributed by atoms with Crippen molar-refractivity contribution in [2.45, 2.75) is 36.5 Å². The second-order valence-corrected chi connectivity index (χ2v) is 9.40. The molecule has 3 N–H and O–H groups in total. The fraction of sp³-hybridized carbons (Fsp3) is 0.412. The van der Waals surface area contributed by atoms with E-state index in [0.29, 0.717) is 18.3 Å². The summed E-state index contributed by atoms with van der Waals surface area (Å²) in [7, 11) is -5.20. The normalized spacial score (nSPS) is 13.6. The maximum absolute atomic E-state index is 13.2. The molecule has 2 aromatic rings. The van der Waals surface area contributed by atoms with Crippen LogP contribution >= 0.6 is 19.2 Å². The molecule has 1 aromatic heterocycles. The number of anilines is 2. The number of alkyl halides is 9. The zero-order valence-electron chi connectivity index (χ0n) is 17.1. The van der Waals surface area contributed by atoms with Gasteiger partial charge >= 0.3 is 26.1 Å². The molecule has 7 nitrogen and oxygen atoms in total. The van der Waals surface area contributed by atoms with Crippen molar-refractivity contribution >= 4 is 30.8 Å². The highest BCUT2D eigenvalue weighted by Gasteiger charge is 2.59. The Labute approximate surface area is 195 Å². The Balaban J connectivity index is 2.60. The molecular formula is C17H14ClF9N3O4P. The number of ether oxygens (including phenoxy) is 1. The van der Waals surface area contributed by atoms with E-state index in [1.54, 1.807) is 0 Å². The summed E-state index contributed by atoms with van der Waals surface area (Å²) in [4.78, 5) is 26.0. The summed E-state index contributed by atoms with van der Waals surface area (Å²) in [5.41, 5.74) is -2.70. The first-order valence-corrected chi connectivity index (χ1v) is 10.9. The van der Waals surface area contributed by atoms with Crippen LogP contribution in [0.15, 0.2) is 24.4 Å². The van der Waals surface area contributed by atoms with Gasteiger partial charge in [0.2, 0.25) is 5.95 Å². The molecule has 0 aliphatic rings. The maximum Gasteiger partial charge on any atom is 0.420 e. The number of rotatable bonds is 7. The zero-order valence-corrected chi connectivity index (χ0v) is 18.7. The SMILES string of the molecule is COc1cc(C(CC(F)(F)F)(CC(F)(F)F)P(=O)(O)O)ccc1Nc1ncc(C(F)(F)F)c(Cl)n1. The monoisotopic (exact) mass is 561 g/mol. The number of methoxy groups -OCH3 is 1. The number of aromatic nitrogens is 2. The van der Waals surface area contributed by atoms with E-state index in [1.165, 1.54) is 0 Å². The lowest BCUT2D eigenvalue weighted by molar-refractivity contribution is -0.171. The van der Waals surface area contributed by atoms with Crippen molar-refractivity contribution in [1.82, 2.24) is 9.97 Å². The smallest absolute Gasteiger partial charge is 0.420 e. The predicted octanol–water partition coefficient (Wildman–Crippen LogP) is 6.18. The van der Waals surface area contributed by atoms with Crippen LogP contribution in [-0.4, -0.2) is 39.2 Å². The lowest BCUT2D eigenvalue weighted by Gasteiger charge is -2.36. The number of benzene rings is 1. The third-order valence-electron chi connectivity index (χ3n) is 4.58. The Morgan fingerprint density at radius 2 is 1.57 bits per heavy atom. The minimum absolute atomic E-state index is 0.272. The van der Waals surface area contributed by atoms with Gasteiger partial charge in [-0.3, -0.25) is 4.57 Å². The molecule has 1 heterocycles. The molecule has 2 rings (SSSR count). The van der Waals surface area contributed by atoms with Gasteiger partial charge in [-0.2, -0.15) is 39.5 Å². The van der Waals surface area contributed by atoms with Crippen LogP contribution < -0.4 is 10.1 Å². The molecule has 196 valence electrons. The number of nitrogens with zero attached hydrogens (tertiary/aromatic N) is 2. The molecule has 0 saturated heterocycles. The van der Waals surface area contributed by atoms with Crippen molar-refractivity contribution in [2.75, 3.05) is 12.4 Å². The molecule has 0 aliphatic heterocycles. The highest BCUT2D eigenvalue weighted by atomic mass is 35.5. The summed E-state index contributed by atoms with van der Waals surface area (Å²) < 4.78 is 134. The molecule has 0 saturated carbocycles. The minimum Gasteiger partial charge on any atom is -0.495 e. The van der Waals surface area contributed by atoms with Crippen LogP contribution in [0, 0.1) is 0 Å². The Hall–Kier alpha value is -2.29. The van der Waals surface area contributed by atoms with E-state index in [-0.39, 0.29) is 5.69 Å². The molecule has 0 unspecified atom stereocenters. The predicted molar refractivity (Wildman–Crippen MR) is 103 cm³/mol. The largest absolute Gasteiger partial charge is 0.495 e. The van der Waals surface area contributed by atoms with Crippen LogP contribution in [-0.2, 0) is 15.9 Å². The van der Waals surface area contributed by atoms with E-state index in [2.05, 4.69) is 15.3 Å². The second-order valence-electron chi connectivity index (χ2n) is 7.10. The highest BCUT2D eigenvalue weighted by molar-refractivity contribution is 7.53. The Morgan fingerprint density at radius 3 is 1.97 bits per heavy atom. The van der Waals surface area contributed by atoms with Gasteiger partial charge < -0.3 is 19.8 Å². The van der Waals surface area contributed by atoms with E-state index in [0.717, 1.165) is 13.2 Å². The molecule has 0 bridgehead atoms. The minimum atomic E-state index is -6.13. The van der Waals surface area contributed by atoms with E-state index >= 15 is 0 Å². The topological polar surface area (TPSA) is 105 Å². The van der Waals surface area contributed by atoms with Crippen molar-refractivity contribution in [3.8, 4) is 5.75 Å². The fourth-order valence-electron chi connectivity index (χ4n) is 3.12. The first-order valence-electron chi connectivity index (χ1n) is 8.93. The number of halogens is 10. The fourth-order valence-corrected chi connectivity index (χ4v) is 4.60. The van der Waals surface area contributed by atoms with E-state index < -0.39 is 72.1 Å². The zero-order chi connectivity index (χ0) is 27.0. The van der Waals surface area contributed by atoms with Gasteiger partial charge in [0.1, 0.15) is 21.6 Å². The van der Waals surface area contributed by atoms with Gasteiger partial charge in [-0.15, -0.1) is 0 Å².